The van der Waals surface area contributed by atoms with Gasteiger partial charge in [0.1, 0.15) is 5.69 Å². The van der Waals surface area contributed by atoms with Crippen LogP contribution in [0, 0.1) is 0 Å². The van der Waals surface area contributed by atoms with Crippen LogP contribution >= 0.6 is 0 Å². The molecule has 2 heterocycles. The van der Waals surface area contributed by atoms with Gasteiger partial charge in [0, 0.05) is 19.9 Å². The highest BCUT2D eigenvalue weighted by molar-refractivity contribution is 5.93. The van der Waals surface area contributed by atoms with Crippen molar-refractivity contribution in [2.24, 2.45) is 0 Å². The van der Waals surface area contributed by atoms with Gasteiger partial charge in [-0.05, 0) is 17.7 Å². The number of ether oxygens (including phenoxy) is 1. The van der Waals surface area contributed by atoms with E-state index in [0.29, 0.717) is 13.1 Å². The average molecular weight is 256 g/mol. The van der Waals surface area contributed by atoms with Crippen LogP contribution in [0.4, 0.5) is 0 Å². The summed E-state index contributed by atoms with van der Waals surface area (Å²) >= 11 is 0. The maximum Gasteiger partial charge on any atom is 0.272 e. The van der Waals surface area contributed by atoms with Crippen molar-refractivity contribution in [2.75, 3.05) is 7.11 Å². The zero-order valence-electron chi connectivity index (χ0n) is 10.8. The predicted octanol–water partition coefficient (Wildman–Crippen LogP) is 2.12. The zero-order chi connectivity index (χ0) is 13.2. The van der Waals surface area contributed by atoms with Gasteiger partial charge in [-0.1, -0.05) is 30.3 Å². The lowest BCUT2D eigenvalue weighted by Crippen LogP contribution is -2.48. The van der Waals surface area contributed by atoms with Crippen LogP contribution in [0.2, 0.25) is 0 Å². The molecule has 2 aromatic rings. The van der Waals surface area contributed by atoms with E-state index in [0.717, 1.165) is 11.3 Å². The minimum Gasteiger partial charge on any atom is -0.360 e. The van der Waals surface area contributed by atoms with E-state index in [1.807, 2.05) is 53.2 Å². The lowest BCUT2D eigenvalue weighted by Gasteiger charge is -2.35. The van der Waals surface area contributed by atoms with Gasteiger partial charge in [-0.15, -0.1) is 0 Å². The number of methoxy groups -OCH3 is 1. The fraction of sp³-hybridized carbons (Fsp3) is 0.267. The number of carbonyl (C=O) groups excluding carboxylic acids is 1. The SMILES string of the molecule is CO[C@@H]1Cn2cccc2C(=O)N1Cc1ccccc1. The first kappa shape index (κ1) is 12.0. The lowest BCUT2D eigenvalue weighted by atomic mass is 10.2. The van der Waals surface area contributed by atoms with Crippen molar-refractivity contribution in [3.63, 3.8) is 0 Å². The summed E-state index contributed by atoms with van der Waals surface area (Å²) in [5, 5.41) is 0. The molecule has 1 aromatic heterocycles. The number of carbonyl (C=O) groups is 1. The van der Waals surface area contributed by atoms with E-state index in [4.69, 9.17) is 4.74 Å². The molecule has 4 nitrogen and oxygen atoms in total. The van der Waals surface area contributed by atoms with Crippen LogP contribution < -0.4 is 0 Å². The van der Waals surface area contributed by atoms with Gasteiger partial charge < -0.3 is 14.2 Å². The first-order valence-electron chi connectivity index (χ1n) is 6.32. The summed E-state index contributed by atoms with van der Waals surface area (Å²) in [5.41, 5.74) is 1.84. The molecule has 1 amide bonds. The number of nitrogens with zero attached hydrogens (tertiary/aromatic N) is 2. The summed E-state index contributed by atoms with van der Waals surface area (Å²) in [6.45, 7) is 1.25. The van der Waals surface area contributed by atoms with Crippen LogP contribution in [-0.4, -0.2) is 28.7 Å². The Morgan fingerprint density at radius 1 is 1.21 bits per heavy atom. The number of aromatic nitrogens is 1. The molecule has 19 heavy (non-hydrogen) atoms. The van der Waals surface area contributed by atoms with Crippen LogP contribution in [0.25, 0.3) is 0 Å². The smallest absolute Gasteiger partial charge is 0.272 e. The average Bonchev–Trinajstić information content (AvgIpc) is 2.91. The number of amides is 1. The second-order valence-electron chi connectivity index (χ2n) is 4.65. The monoisotopic (exact) mass is 256 g/mol. The van der Waals surface area contributed by atoms with E-state index in [1.54, 1.807) is 12.0 Å². The van der Waals surface area contributed by atoms with E-state index >= 15 is 0 Å². The molecule has 0 spiro atoms. The van der Waals surface area contributed by atoms with Gasteiger partial charge in [-0.2, -0.15) is 0 Å². The van der Waals surface area contributed by atoms with Crippen molar-refractivity contribution in [3.05, 3.63) is 59.9 Å². The van der Waals surface area contributed by atoms with E-state index in [2.05, 4.69) is 0 Å². The Balaban J connectivity index is 1.89. The third-order valence-electron chi connectivity index (χ3n) is 3.48. The molecular formula is C15H16N2O2. The number of benzene rings is 1. The molecule has 0 bridgehead atoms. The standard InChI is InChI=1S/C15H16N2O2/c1-19-14-11-16-9-5-8-13(16)15(18)17(14)10-12-6-3-2-4-7-12/h2-9,14H,10-11H2,1H3/t14-/m1/s1. The van der Waals surface area contributed by atoms with E-state index in [1.165, 1.54) is 0 Å². The molecule has 1 aliphatic rings. The highest BCUT2D eigenvalue weighted by Gasteiger charge is 2.31. The highest BCUT2D eigenvalue weighted by atomic mass is 16.5. The van der Waals surface area contributed by atoms with Gasteiger partial charge in [-0.3, -0.25) is 4.79 Å². The van der Waals surface area contributed by atoms with Crippen molar-refractivity contribution in [2.45, 2.75) is 19.3 Å². The molecule has 0 radical (unpaired) electrons. The number of hydrogen-bond donors (Lipinski definition) is 0. The van der Waals surface area contributed by atoms with Gasteiger partial charge in [0.2, 0.25) is 0 Å². The Labute approximate surface area is 112 Å². The van der Waals surface area contributed by atoms with Gasteiger partial charge >= 0.3 is 0 Å². The molecule has 3 rings (SSSR count). The molecule has 0 aliphatic carbocycles. The minimum absolute atomic E-state index is 0.0203. The maximum atomic E-state index is 12.5. The van der Waals surface area contributed by atoms with Crippen LogP contribution in [0.15, 0.2) is 48.7 Å². The Morgan fingerprint density at radius 2 is 2.00 bits per heavy atom. The van der Waals surface area contributed by atoms with Crippen molar-refractivity contribution in [1.29, 1.82) is 0 Å². The molecular weight excluding hydrogens is 240 g/mol. The molecule has 0 saturated heterocycles. The molecule has 0 fully saturated rings. The highest BCUT2D eigenvalue weighted by Crippen LogP contribution is 2.21. The Morgan fingerprint density at radius 3 is 2.74 bits per heavy atom. The van der Waals surface area contributed by atoms with E-state index in [9.17, 15) is 4.79 Å². The Bertz CT molecular complexity index is 577. The molecule has 1 aliphatic heterocycles. The van der Waals surface area contributed by atoms with E-state index in [-0.39, 0.29) is 12.1 Å². The first-order chi connectivity index (χ1) is 9.29. The Hall–Kier alpha value is -2.07. The van der Waals surface area contributed by atoms with Gasteiger partial charge in [0.05, 0.1) is 6.54 Å². The first-order valence-corrected chi connectivity index (χ1v) is 6.32. The summed E-state index contributed by atoms with van der Waals surface area (Å²) < 4.78 is 7.40. The number of fused-ring (bicyclic) bond motifs is 1. The molecule has 0 N–H and O–H groups in total. The molecule has 98 valence electrons. The topological polar surface area (TPSA) is 34.5 Å². The second kappa shape index (κ2) is 4.90. The van der Waals surface area contributed by atoms with Gasteiger partial charge in [-0.25, -0.2) is 0 Å². The van der Waals surface area contributed by atoms with Crippen molar-refractivity contribution in [3.8, 4) is 0 Å². The normalized spacial score (nSPS) is 18.5. The minimum atomic E-state index is -0.215. The fourth-order valence-electron chi connectivity index (χ4n) is 2.47. The van der Waals surface area contributed by atoms with Crippen LogP contribution in [0.3, 0.4) is 0 Å². The molecule has 0 unspecified atom stereocenters. The van der Waals surface area contributed by atoms with Crippen molar-refractivity contribution >= 4 is 5.91 Å². The molecule has 1 aromatic carbocycles. The van der Waals surface area contributed by atoms with Crippen LogP contribution in [0.1, 0.15) is 16.1 Å². The summed E-state index contributed by atoms with van der Waals surface area (Å²) in [7, 11) is 1.64. The third-order valence-corrected chi connectivity index (χ3v) is 3.48. The quantitative estimate of drug-likeness (QED) is 0.843. The number of hydrogen-bond acceptors (Lipinski definition) is 2. The fourth-order valence-corrected chi connectivity index (χ4v) is 2.47. The summed E-state index contributed by atoms with van der Waals surface area (Å²) in [5.74, 6) is 0.0203. The largest absolute Gasteiger partial charge is 0.360 e. The molecule has 0 saturated carbocycles. The van der Waals surface area contributed by atoms with E-state index < -0.39 is 0 Å². The predicted molar refractivity (Wildman–Crippen MR) is 71.5 cm³/mol. The van der Waals surface area contributed by atoms with Crippen molar-refractivity contribution < 1.29 is 9.53 Å². The van der Waals surface area contributed by atoms with Gasteiger partial charge in [0.15, 0.2) is 6.23 Å². The third kappa shape index (κ3) is 2.15. The maximum absolute atomic E-state index is 12.5. The zero-order valence-corrected chi connectivity index (χ0v) is 10.8. The van der Waals surface area contributed by atoms with Crippen molar-refractivity contribution in [1.82, 2.24) is 9.47 Å². The molecule has 4 heteroatoms. The number of rotatable bonds is 3. The van der Waals surface area contributed by atoms with Gasteiger partial charge in [0.25, 0.3) is 5.91 Å². The molecule has 1 atom stereocenters. The van der Waals surface area contributed by atoms with Crippen LogP contribution in [-0.2, 0) is 17.8 Å². The van der Waals surface area contributed by atoms with Crippen LogP contribution in [0.5, 0.6) is 0 Å². The summed E-state index contributed by atoms with van der Waals surface area (Å²) in [4.78, 5) is 14.3. The Kier molecular flexibility index (Phi) is 3.09. The summed E-state index contributed by atoms with van der Waals surface area (Å²) in [6.07, 6.45) is 1.70. The second-order valence-corrected chi connectivity index (χ2v) is 4.65. The summed E-state index contributed by atoms with van der Waals surface area (Å²) in [6, 6.07) is 13.7. The lowest BCUT2D eigenvalue weighted by molar-refractivity contribution is -0.0423.